The molecule has 11 heteroatoms. The zero-order chi connectivity index (χ0) is 25.6. The lowest BCUT2D eigenvalue weighted by atomic mass is 10.2. The number of benzene rings is 2. The summed E-state index contributed by atoms with van der Waals surface area (Å²) in [6.07, 6.45) is 3.20. The number of aryl methyl sites for hydroxylation is 1. The van der Waals surface area contributed by atoms with Crippen LogP contribution in [0, 0.1) is 6.92 Å². The van der Waals surface area contributed by atoms with Gasteiger partial charge in [-0.15, -0.1) is 0 Å². The van der Waals surface area contributed by atoms with Crippen LogP contribution in [0.25, 0.3) is 12.2 Å². The van der Waals surface area contributed by atoms with Crippen molar-refractivity contribution in [2.75, 3.05) is 23.8 Å². The molecule has 3 aromatic rings. The van der Waals surface area contributed by atoms with Crippen LogP contribution in [0.3, 0.4) is 0 Å². The lowest BCUT2D eigenvalue weighted by Gasteiger charge is -2.13. The number of hydrogen-bond acceptors (Lipinski definition) is 8. The first-order valence-electron chi connectivity index (χ1n) is 10.5. The van der Waals surface area contributed by atoms with Gasteiger partial charge < -0.3 is 19.3 Å². The molecule has 2 N–H and O–H groups in total. The number of ether oxygens (including phenoxy) is 2. The highest BCUT2D eigenvalue weighted by molar-refractivity contribution is 7.92. The van der Waals surface area contributed by atoms with Gasteiger partial charge in [-0.1, -0.05) is 17.3 Å². The molecule has 35 heavy (non-hydrogen) atoms. The lowest BCUT2D eigenvalue weighted by Crippen LogP contribution is -2.14. The molecule has 1 heterocycles. The first kappa shape index (κ1) is 25.5. The summed E-state index contributed by atoms with van der Waals surface area (Å²) in [5, 5.41) is 6.50. The number of rotatable bonds is 9. The molecule has 1 aromatic heterocycles. The maximum absolute atomic E-state index is 13.1. The first-order valence-corrected chi connectivity index (χ1v) is 12.0. The monoisotopic (exact) mass is 499 g/mol. The van der Waals surface area contributed by atoms with Crippen LogP contribution < -0.4 is 14.8 Å². The van der Waals surface area contributed by atoms with E-state index < -0.39 is 16.0 Å². The van der Waals surface area contributed by atoms with Crippen LogP contribution in [0.15, 0.2) is 51.9 Å². The Morgan fingerprint density at radius 1 is 1.11 bits per heavy atom. The Balaban J connectivity index is 1.87. The number of carbonyl (C=O) groups excluding carboxylic acids is 2. The summed E-state index contributed by atoms with van der Waals surface area (Å²) in [5.41, 5.74) is 2.05. The molecular formula is C24H25N3O7S. The highest BCUT2D eigenvalue weighted by atomic mass is 32.2. The molecular weight excluding hydrogens is 474 g/mol. The van der Waals surface area contributed by atoms with Gasteiger partial charge in [-0.2, -0.15) is 0 Å². The van der Waals surface area contributed by atoms with Crippen LogP contribution in [-0.4, -0.2) is 39.2 Å². The number of hydrogen-bond donors (Lipinski definition) is 2. The van der Waals surface area contributed by atoms with Crippen molar-refractivity contribution >= 4 is 45.4 Å². The molecule has 0 aliphatic rings. The van der Waals surface area contributed by atoms with Crippen LogP contribution in [0.4, 0.5) is 11.4 Å². The molecule has 0 spiro atoms. The van der Waals surface area contributed by atoms with Gasteiger partial charge in [-0.05, 0) is 61.9 Å². The van der Waals surface area contributed by atoms with Crippen LogP contribution >= 0.6 is 0 Å². The normalized spacial score (nSPS) is 11.3. The van der Waals surface area contributed by atoms with Crippen LogP contribution in [0.2, 0.25) is 0 Å². The van der Waals surface area contributed by atoms with Crippen molar-refractivity contribution < 1.29 is 32.0 Å². The minimum absolute atomic E-state index is 0.0903. The van der Waals surface area contributed by atoms with Gasteiger partial charge in [0.05, 0.1) is 19.3 Å². The molecule has 0 unspecified atom stereocenters. The number of amides is 1. The molecule has 1 amide bonds. The van der Waals surface area contributed by atoms with Gasteiger partial charge in [-0.25, -0.2) is 13.2 Å². The second-order valence-corrected chi connectivity index (χ2v) is 8.99. The van der Waals surface area contributed by atoms with Gasteiger partial charge in [-0.3, -0.25) is 9.52 Å². The van der Waals surface area contributed by atoms with Crippen molar-refractivity contribution in [2.24, 2.45) is 0 Å². The van der Waals surface area contributed by atoms with Crippen LogP contribution in [-0.2, 0) is 19.6 Å². The average Bonchev–Trinajstić information content (AvgIpc) is 3.16. The Kier molecular flexibility index (Phi) is 7.92. The summed E-state index contributed by atoms with van der Waals surface area (Å²) in [4.78, 5) is 23.1. The molecule has 0 fully saturated rings. The van der Waals surface area contributed by atoms with Gasteiger partial charge in [0.25, 0.3) is 10.0 Å². The lowest BCUT2D eigenvalue weighted by molar-refractivity contribution is -0.114. The van der Waals surface area contributed by atoms with E-state index in [2.05, 4.69) is 15.2 Å². The number of carbonyl (C=O) groups is 2. The van der Waals surface area contributed by atoms with Gasteiger partial charge in [0.1, 0.15) is 22.0 Å². The number of aromatic nitrogens is 1. The third-order valence-corrected chi connectivity index (χ3v) is 6.15. The number of nitrogens with one attached hydrogen (secondary N) is 2. The van der Waals surface area contributed by atoms with E-state index in [1.807, 2.05) is 0 Å². The average molecular weight is 500 g/mol. The largest absolute Gasteiger partial charge is 0.495 e. The Labute approximate surface area is 203 Å². The van der Waals surface area contributed by atoms with Gasteiger partial charge in [0.15, 0.2) is 5.76 Å². The fraction of sp³-hybridized carbons (Fsp3) is 0.208. The SMILES string of the molecule is CCOC(=O)c1ccc(NS(=O)(=O)c2cc(/C=C\c3onc(C)c3NC(C)=O)ccc2OC)cc1. The van der Waals surface area contributed by atoms with Crippen molar-refractivity contribution in [3.05, 3.63) is 65.0 Å². The van der Waals surface area contributed by atoms with Crippen molar-refractivity contribution in [1.29, 1.82) is 0 Å². The van der Waals surface area contributed by atoms with E-state index in [-0.39, 0.29) is 28.8 Å². The van der Waals surface area contributed by atoms with Crippen molar-refractivity contribution in [2.45, 2.75) is 25.7 Å². The molecule has 3 rings (SSSR count). The fourth-order valence-electron chi connectivity index (χ4n) is 3.11. The topological polar surface area (TPSA) is 137 Å². The van der Waals surface area contributed by atoms with Crippen LogP contribution in [0.1, 0.15) is 41.2 Å². The molecule has 0 saturated carbocycles. The van der Waals surface area contributed by atoms with E-state index in [1.54, 1.807) is 32.1 Å². The smallest absolute Gasteiger partial charge is 0.338 e. The quantitative estimate of drug-likeness (QED) is 0.420. The van der Waals surface area contributed by atoms with Gasteiger partial charge >= 0.3 is 5.97 Å². The van der Waals surface area contributed by atoms with E-state index in [9.17, 15) is 18.0 Å². The number of sulfonamides is 1. The maximum Gasteiger partial charge on any atom is 0.338 e. The standard InChI is InChI=1S/C24H25N3O7S/c1-5-33-24(29)18-8-10-19(11-9-18)27-35(30,31)22-14-17(6-12-20(22)32-4)7-13-21-23(25-16(3)28)15(2)26-34-21/h6-14,27H,5H2,1-4H3,(H,25,28)/b13-7-. The highest BCUT2D eigenvalue weighted by Crippen LogP contribution is 2.29. The second kappa shape index (κ2) is 10.9. The summed E-state index contributed by atoms with van der Waals surface area (Å²) in [6.45, 7) is 5.00. The zero-order valence-electron chi connectivity index (χ0n) is 19.6. The Bertz CT molecular complexity index is 1360. The van der Waals surface area contributed by atoms with E-state index in [0.29, 0.717) is 28.3 Å². The molecule has 2 aromatic carbocycles. The predicted octanol–water partition coefficient (Wildman–Crippen LogP) is 4.10. The summed E-state index contributed by atoms with van der Waals surface area (Å²) < 4.78 is 44.2. The van der Waals surface area contributed by atoms with Gasteiger partial charge in [0.2, 0.25) is 5.91 Å². The number of esters is 1. The van der Waals surface area contributed by atoms with Crippen molar-refractivity contribution in [3.8, 4) is 5.75 Å². The van der Waals surface area contributed by atoms with Crippen LogP contribution in [0.5, 0.6) is 5.75 Å². The Morgan fingerprint density at radius 2 is 1.83 bits per heavy atom. The molecule has 10 nitrogen and oxygen atoms in total. The van der Waals surface area contributed by atoms with E-state index in [1.165, 1.54) is 50.4 Å². The molecule has 0 aliphatic carbocycles. The minimum atomic E-state index is -4.04. The molecule has 0 bridgehead atoms. The number of nitrogens with zero attached hydrogens (tertiary/aromatic N) is 1. The number of anilines is 2. The van der Waals surface area contributed by atoms with Crippen molar-refractivity contribution in [1.82, 2.24) is 5.16 Å². The van der Waals surface area contributed by atoms with E-state index >= 15 is 0 Å². The van der Waals surface area contributed by atoms with Crippen molar-refractivity contribution in [3.63, 3.8) is 0 Å². The first-order chi connectivity index (χ1) is 16.6. The molecule has 184 valence electrons. The predicted molar refractivity (Wildman–Crippen MR) is 131 cm³/mol. The molecule has 0 aliphatic heterocycles. The number of methoxy groups -OCH3 is 1. The second-order valence-electron chi connectivity index (χ2n) is 7.34. The third kappa shape index (κ3) is 6.27. The zero-order valence-corrected chi connectivity index (χ0v) is 20.4. The molecule has 0 saturated heterocycles. The summed E-state index contributed by atoms with van der Waals surface area (Å²) in [7, 11) is -2.67. The van der Waals surface area contributed by atoms with Gasteiger partial charge in [0, 0.05) is 12.6 Å². The Morgan fingerprint density at radius 3 is 2.46 bits per heavy atom. The fourth-order valence-corrected chi connectivity index (χ4v) is 4.37. The summed E-state index contributed by atoms with van der Waals surface area (Å²) in [5.74, 6) is -0.304. The van der Waals surface area contributed by atoms with E-state index in [4.69, 9.17) is 14.0 Å². The summed E-state index contributed by atoms with van der Waals surface area (Å²) in [6, 6.07) is 10.5. The minimum Gasteiger partial charge on any atom is -0.495 e. The maximum atomic E-state index is 13.1. The van der Waals surface area contributed by atoms with E-state index in [0.717, 1.165) is 0 Å². The molecule has 0 radical (unpaired) electrons. The highest BCUT2D eigenvalue weighted by Gasteiger charge is 2.21. The molecule has 0 atom stereocenters. The summed E-state index contributed by atoms with van der Waals surface area (Å²) >= 11 is 0. The Hall–Kier alpha value is -4.12. The third-order valence-electron chi connectivity index (χ3n) is 4.74.